The van der Waals surface area contributed by atoms with Crippen LogP contribution >= 0.6 is 0 Å². The number of hydrogen-bond donors (Lipinski definition) is 2. The summed E-state index contributed by atoms with van der Waals surface area (Å²) in [6.45, 7) is 0.476. The molecule has 184 valence electrons. The number of aromatic amines is 1. The van der Waals surface area contributed by atoms with E-state index in [1.165, 1.54) is 0 Å². The van der Waals surface area contributed by atoms with Crippen molar-refractivity contribution < 1.29 is 31.9 Å². The first-order valence-corrected chi connectivity index (χ1v) is 10.9. The second-order valence-corrected chi connectivity index (χ2v) is 8.05. The van der Waals surface area contributed by atoms with Crippen molar-refractivity contribution in [2.45, 2.75) is 25.1 Å². The van der Waals surface area contributed by atoms with Crippen molar-refractivity contribution in [3.8, 4) is 17.0 Å². The van der Waals surface area contributed by atoms with E-state index in [-0.39, 0.29) is 30.0 Å². The van der Waals surface area contributed by atoms with Crippen molar-refractivity contribution >= 4 is 11.8 Å². The molecule has 2 amide bonds. The van der Waals surface area contributed by atoms with Crippen LogP contribution in [0.2, 0.25) is 0 Å². The molecular weight excluding hydrogens is 468 g/mol. The Morgan fingerprint density at radius 2 is 1.80 bits per heavy atom. The van der Waals surface area contributed by atoms with Gasteiger partial charge >= 0.3 is 6.18 Å². The predicted molar refractivity (Wildman–Crippen MR) is 118 cm³/mol. The Hall–Kier alpha value is -3.89. The summed E-state index contributed by atoms with van der Waals surface area (Å²) in [7, 11) is 0. The van der Waals surface area contributed by atoms with E-state index < -0.39 is 23.5 Å². The zero-order chi connectivity index (χ0) is 25.0. The molecule has 2 heterocycles. The summed E-state index contributed by atoms with van der Waals surface area (Å²) < 4.78 is 57.4. The fourth-order valence-electron chi connectivity index (χ4n) is 3.77. The van der Waals surface area contributed by atoms with Gasteiger partial charge < -0.3 is 15.0 Å². The number of H-pyrrole nitrogens is 1. The zero-order valence-electron chi connectivity index (χ0n) is 18.4. The highest BCUT2D eigenvalue weighted by Crippen LogP contribution is 2.33. The van der Waals surface area contributed by atoms with Crippen LogP contribution < -0.4 is 10.1 Å². The molecule has 0 radical (unpaired) electrons. The van der Waals surface area contributed by atoms with Gasteiger partial charge in [0.05, 0.1) is 17.8 Å². The number of hydrogen-bond acceptors (Lipinski definition) is 4. The maximum Gasteiger partial charge on any atom is 0.419 e. The summed E-state index contributed by atoms with van der Waals surface area (Å²) in [6.07, 6.45) is -4.30. The van der Waals surface area contributed by atoms with Gasteiger partial charge in [-0.1, -0.05) is 30.3 Å². The molecular formula is C24H22F4N4O3. The molecule has 0 spiro atoms. The number of aromatic nitrogens is 2. The van der Waals surface area contributed by atoms with Crippen LogP contribution in [0.25, 0.3) is 11.3 Å². The van der Waals surface area contributed by atoms with Gasteiger partial charge in [0.1, 0.15) is 23.4 Å². The average molecular weight is 490 g/mol. The highest BCUT2D eigenvalue weighted by molar-refractivity contribution is 5.95. The summed E-state index contributed by atoms with van der Waals surface area (Å²) >= 11 is 0. The van der Waals surface area contributed by atoms with Crippen molar-refractivity contribution in [3.63, 3.8) is 0 Å². The van der Waals surface area contributed by atoms with Crippen molar-refractivity contribution in [2.75, 3.05) is 19.6 Å². The van der Waals surface area contributed by atoms with Crippen LogP contribution in [0.4, 0.5) is 17.6 Å². The number of nitrogens with one attached hydrogen (secondary N) is 2. The fraction of sp³-hybridized carbons (Fsp3) is 0.292. The van der Waals surface area contributed by atoms with Gasteiger partial charge in [-0.25, -0.2) is 4.39 Å². The Kier molecular flexibility index (Phi) is 7.04. The number of rotatable bonds is 6. The van der Waals surface area contributed by atoms with Gasteiger partial charge in [0, 0.05) is 37.6 Å². The number of likely N-dealkylation sites (tertiary alicyclic amines) is 1. The van der Waals surface area contributed by atoms with Crippen molar-refractivity contribution in [1.82, 2.24) is 20.4 Å². The minimum Gasteiger partial charge on any atom is -0.490 e. The van der Waals surface area contributed by atoms with Crippen LogP contribution in [0.1, 0.15) is 28.9 Å². The lowest BCUT2D eigenvalue weighted by atomic mass is 10.1. The van der Waals surface area contributed by atoms with Gasteiger partial charge in [0.25, 0.3) is 5.91 Å². The fourth-order valence-corrected chi connectivity index (χ4v) is 3.77. The van der Waals surface area contributed by atoms with Crippen LogP contribution in [0.5, 0.6) is 5.75 Å². The Morgan fingerprint density at radius 3 is 2.46 bits per heavy atom. The smallest absolute Gasteiger partial charge is 0.419 e. The van der Waals surface area contributed by atoms with E-state index in [0.717, 1.165) is 11.6 Å². The number of halogens is 4. The molecule has 0 unspecified atom stereocenters. The second kappa shape index (κ2) is 10.2. The second-order valence-electron chi connectivity index (χ2n) is 8.05. The van der Waals surface area contributed by atoms with E-state index in [2.05, 4.69) is 15.5 Å². The minimum absolute atomic E-state index is 0.00182. The van der Waals surface area contributed by atoms with Crippen molar-refractivity contribution in [1.29, 1.82) is 0 Å². The van der Waals surface area contributed by atoms with Crippen molar-refractivity contribution in [3.05, 3.63) is 71.7 Å². The molecule has 1 aliphatic rings. The standard InChI is InChI=1S/C24H22F4N4O3/c25-19-12-17(6-7-18(19)24(26,27)28)35-16-8-10-32(11-9-16)22(33)14-29-23(34)21-13-20(30-31-21)15-4-2-1-3-5-15/h1-7,12-13,16H,8-11,14H2,(H,29,34)(H,30,31). The molecule has 1 aliphatic heterocycles. The van der Waals surface area contributed by atoms with E-state index in [0.29, 0.717) is 43.8 Å². The highest BCUT2D eigenvalue weighted by Gasteiger charge is 2.34. The quantitative estimate of drug-likeness (QED) is 0.511. The van der Waals surface area contributed by atoms with E-state index in [1.54, 1.807) is 11.0 Å². The molecule has 1 saturated heterocycles. The average Bonchev–Trinajstić information content (AvgIpc) is 3.33. The summed E-state index contributed by atoms with van der Waals surface area (Å²) in [4.78, 5) is 26.4. The molecule has 2 aromatic carbocycles. The van der Waals surface area contributed by atoms with Crippen LogP contribution in [-0.2, 0) is 11.0 Å². The number of benzene rings is 2. The SMILES string of the molecule is O=C(NCC(=O)N1CCC(Oc2ccc(C(F)(F)F)c(F)c2)CC1)c1cc(-c2ccccc2)n[nH]1. The number of amides is 2. The van der Waals surface area contributed by atoms with E-state index in [4.69, 9.17) is 4.74 Å². The van der Waals surface area contributed by atoms with Crippen LogP contribution in [0.15, 0.2) is 54.6 Å². The van der Waals surface area contributed by atoms with Gasteiger partial charge in [-0.2, -0.15) is 18.3 Å². The molecule has 1 aromatic heterocycles. The maximum atomic E-state index is 13.7. The summed E-state index contributed by atoms with van der Waals surface area (Å²) in [5, 5.41) is 9.34. The first-order valence-electron chi connectivity index (χ1n) is 10.9. The predicted octanol–water partition coefficient (Wildman–Crippen LogP) is 4.03. The number of carbonyl (C=O) groups is 2. The molecule has 0 aliphatic carbocycles. The van der Waals surface area contributed by atoms with Gasteiger partial charge in [0.15, 0.2) is 0 Å². The van der Waals surface area contributed by atoms with Gasteiger partial charge in [0.2, 0.25) is 5.91 Å². The summed E-state index contributed by atoms with van der Waals surface area (Å²) in [5.74, 6) is -2.13. The lowest BCUT2D eigenvalue weighted by Crippen LogP contribution is -2.46. The lowest BCUT2D eigenvalue weighted by Gasteiger charge is -2.32. The third-order valence-electron chi connectivity index (χ3n) is 5.64. The van der Waals surface area contributed by atoms with Crippen LogP contribution in [-0.4, -0.2) is 52.6 Å². The Balaban J connectivity index is 1.23. The third kappa shape index (κ3) is 5.97. The van der Waals surface area contributed by atoms with E-state index >= 15 is 0 Å². The van der Waals surface area contributed by atoms with E-state index in [9.17, 15) is 27.2 Å². The summed E-state index contributed by atoms with van der Waals surface area (Å²) in [6, 6.07) is 13.4. The van der Waals surface area contributed by atoms with Gasteiger partial charge in [-0.15, -0.1) is 0 Å². The molecule has 1 fully saturated rings. The number of nitrogens with zero attached hydrogens (tertiary/aromatic N) is 2. The van der Waals surface area contributed by atoms with Gasteiger partial charge in [-0.05, 0) is 18.2 Å². The molecule has 3 aromatic rings. The molecule has 0 saturated carbocycles. The van der Waals surface area contributed by atoms with Crippen LogP contribution in [0.3, 0.4) is 0 Å². The molecule has 35 heavy (non-hydrogen) atoms. The third-order valence-corrected chi connectivity index (χ3v) is 5.64. The number of piperidine rings is 1. The Morgan fingerprint density at radius 1 is 1.09 bits per heavy atom. The molecule has 7 nitrogen and oxygen atoms in total. The first kappa shape index (κ1) is 24.2. The highest BCUT2D eigenvalue weighted by atomic mass is 19.4. The van der Waals surface area contributed by atoms with Gasteiger partial charge in [-0.3, -0.25) is 14.7 Å². The van der Waals surface area contributed by atoms with Crippen LogP contribution in [0, 0.1) is 5.82 Å². The van der Waals surface area contributed by atoms with E-state index in [1.807, 2.05) is 30.3 Å². The Bertz CT molecular complexity index is 1190. The zero-order valence-corrected chi connectivity index (χ0v) is 18.4. The van der Waals surface area contributed by atoms with Crippen molar-refractivity contribution in [2.24, 2.45) is 0 Å². The molecule has 11 heteroatoms. The molecule has 4 rings (SSSR count). The first-order chi connectivity index (χ1) is 16.7. The number of alkyl halides is 3. The Labute approximate surface area is 198 Å². The largest absolute Gasteiger partial charge is 0.490 e. The maximum absolute atomic E-state index is 13.7. The number of ether oxygens (including phenoxy) is 1. The number of carbonyl (C=O) groups excluding carboxylic acids is 2. The normalized spacial score (nSPS) is 14.6. The lowest BCUT2D eigenvalue weighted by molar-refractivity contribution is -0.140. The topological polar surface area (TPSA) is 87.3 Å². The molecule has 0 atom stereocenters. The summed E-state index contributed by atoms with van der Waals surface area (Å²) in [5.41, 5.74) is 0.339. The molecule has 0 bridgehead atoms. The minimum atomic E-state index is -4.77. The molecule has 2 N–H and O–H groups in total. The monoisotopic (exact) mass is 490 g/mol.